The smallest absolute Gasteiger partial charge is 0.300 e. The Morgan fingerprint density at radius 3 is 2.56 bits per heavy atom. The van der Waals surface area contributed by atoms with Crippen LogP contribution in [0.25, 0.3) is 5.76 Å². The Morgan fingerprint density at radius 2 is 1.91 bits per heavy atom. The number of benzene rings is 2. The number of hydrogen-bond donors (Lipinski definition) is 1. The summed E-state index contributed by atoms with van der Waals surface area (Å²) in [5, 5.41) is 11.0. The predicted molar refractivity (Wildman–Crippen MR) is 112 cm³/mol. The second-order valence-corrected chi connectivity index (χ2v) is 7.17. The van der Waals surface area contributed by atoms with Crippen molar-refractivity contribution in [3.63, 3.8) is 0 Å². The first kappa shape index (κ1) is 21.3. The number of carbonyl (C=O) groups is 2. The van der Waals surface area contributed by atoms with Gasteiger partial charge in [-0.2, -0.15) is 0 Å². The number of anilines is 1. The summed E-state index contributed by atoms with van der Waals surface area (Å²) in [7, 11) is 0. The zero-order valence-corrected chi connectivity index (χ0v) is 17.3. The van der Waals surface area contributed by atoms with E-state index in [0.717, 1.165) is 17.0 Å². The van der Waals surface area contributed by atoms with Gasteiger partial charge in [-0.15, -0.1) is 0 Å². The van der Waals surface area contributed by atoms with Gasteiger partial charge in [0, 0.05) is 11.6 Å². The minimum atomic E-state index is -1.25. The molecule has 164 valence electrons. The number of ether oxygens (including phenoxy) is 1. The standard InChI is InChI=1S/C24H19F2NO5/c1-3-31-16-6-4-5-14(11-16)22(28)20-21(19-10-7-13(2)32-19)27(24(30)23(20)29)18-9-8-15(25)12-17(18)26/h4-12,21,28H,3H2,1-2H3/b22-20-. The van der Waals surface area contributed by atoms with E-state index in [0.29, 0.717) is 24.2 Å². The maximum absolute atomic E-state index is 14.6. The van der Waals surface area contributed by atoms with E-state index in [2.05, 4.69) is 0 Å². The van der Waals surface area contributed by atoms with Crippen LogP contribution in [0.3, 0.4) is 0 Å². The number of rotatable bonds is 5. The van der Waals surface area contributed by atoms with E-state index in [4.69, 9.17) is 9.15 Å². The number of Topliss-reactive ketones (excluding diaryl/α,β-unsaturated/α-hetero) is 1. The zero-order chi connectivity index (χ0) is 23.0. The number of ketones is 1. The highest BCUT2D eigenvalue weighted by atomic mass is 19.1. The van der Waals surface area contributed by atoms with Crippen molar-refractivity contribution >= 4 is 23.1 Å². The lowest BCUT2D eigenvalue weighted by molar-refractivity contribution is -0.132. The number of aliphatic hydroxyl groups is 1. The van der Waals surface area contributed by atoms with Crippen molar-refractivity contribution < 1.29 is 32.6 Å². The number of nitrogens with zero attached hydrogens (tertiary/aromatic N) is 1. The number of amides is 1. The monoisotopic (exact) mass is 439 g/mol. The predicted octanol–water partition coefficient (Wildman–Crippen LogP) is 4.89. The fourth-order valence-corrected chi connectivity index (χ4v) is 3.68. The lowest BCUT2D eigenvalue weighted by Crippen LogP contribution is -2.30. The molecule has 4 rings (SSSR count). The first-order valence-corrected chi connectivity index (χ1v) is 9.87. The maximum Gasteiger partial charge on any atom is 0.300 e. The molecule has 2 aromatic carbocycles. The molecule has 1 unspecified atom stereocenters. The molecule has 1 aliphatic rings. The summed E-state index contributed by atoms with van der Waals surface area (Å²) in [6.07, 6.45) is 0. The molecule has 0 bridgehead atoms. The molecule has 1 atom stereocenters. The Balaban J connectivity index is 1.93. The van der Waals surface area contributed by atoms with E-state index in [1.54, 1.807) is 38.1 Å². The van der Waals surface area contributed by atoms with Crippen LogP contribution >= 0.6 is 0 Å². The Kier molecular flexibility index (Phi) is 5.52. The number of hydrogen-bond acceptors (Lipinski definition) is 5. The fraction of sp³-hybridized carbons (Fsp3) is 0.167. The number of aryl methyl sites for hydroxylation is 1. The fourth-order valence-electron chi connectivity index (χ4n) is 3.68. The molecule has 32 heavy (non-hydrogen) atoms. The molecule has 8 heteroatoms. The average molecular weight is 439 g/mol. The third-order valence-electron chi connectivity index (χ3n) is 5.06. The van der Waals surface area contributed by atoms with Gasteiger partial charge in [-0.05, 0) is 50.2 Å². The van der Waals surface area contributed by atoms with Crippen LogP contribution in [0.2, 0.25) is 0 Å². The van der Waals surface area contributed by atoms with Crippen molar-refractivity contribution in [2.45, 2.75) is 19.9 Å². The van der Waals surface area contributed by atoms with Crippen molar-refractivity contribution in [3.05, 3.63) is 88.9 Å². The second-order valence-electron chi connectivity index (χ2n) is 7.17. The molecule has 1 aromatic heterocycles. The van der Waals surface area contributed by atoms with E-state index < -0.39 is 35.1 Å². The maximum atomic E-state index is 14.6. The topological polar surface area (TPSA) is 80.0 Å². The van der Waals surface area contributed by atoms with Gasteiger partial charge in [0.1, 0.15) is 40.7 Å². The van der Waals surface area contributed by atoms with Crippen LogP contribution in [0.15, 0.2) is 64.6 Å². The van der Waals surface area contributed by atoms with Crippen molar-refractivity contribution in [3.8, 4) is 5.75 Å². The molecule has 0 radical (unpaired) electrons. The van der Waals surface area contributed by atoms with Gasteiger partial charge < -0.3 is 14.3 Å². The van der Waals surface area contributed by atoms with Crippen LogP contribution < -0.4 is 9.64 Å². The lowest BCUT2D eigenvalue weighted by Gasteiger charge is -2.23. The summed E-state index contributed by atoms with van der Waals surface area (Å²) in [5.41, 5.74) is -0.349. The van der Waals surface area contributed by atoms with Gasteiger partial charge in [-0.25, -0.2) is 8.78 Å². The Morgan fingerprint density at radius 1 is 1.12 bits per heavy atom. The minimum Gasteiger partial charge on any atom is -0.507 e. The van der Waals surface area contributed by atoms with E-state index >= 15 is 0 Å². The van der Waals surface area contributed by atoms with Crippen LogP contribution in [0.5, 0.6) is 5.75 Å². The normalized spacial score (nSPS) is 17.8. The number of carbonyl (C=O) groups excluding carboxylic acids is 2. The highest BCUT2D eigenvalue weighted by Crippen LogP contribution is 2.43. The summed E-state index contributed by atoms with van der Waals surface area (Å²) in [5.74, 6) is -3.32. The van der Waals surface area contributed by atoms with Gasteiger partial charge in [0.2, 0.25) is 0 Å². The van der Waals surface area contributed by atoms with Gasteiger partial charge in [0.25, 0.3) is 11.7 Å². The molecular formula is C24H19F2NO5. The minimum absolute atomic E-state index is 0.146. The summed E-state index contributed by atoms with van der Waals surface area (Å²) in [6, 6.07) is 10.9. The highest BCUT2D eigenvalue weighted by molar-refractivity contribution is 6.51. The van der Waals surface area contributed by atoms with E-state index in [1.807, 2.05) is 0 Å². The largest absolute Gasteiger partial charge is 0.507 e. The zero-order valence-electron chi connectivity index (χ0n) is 17.3. The summed E-state index contributed by atoms with van der Waals surface area (Å²) < 4.78 is 39.2. The number of furan rings is 1. The van der Waals surface area contributed by atoms with E-state index in [-0.39, 0.29) is 22.6 Å². The molecule has 1 aliphatic heterocycles. The SMILES string of the molecule is CCOc1cccc(/C(O)=C2/C(=O)C(=O)N(c3ccc(F)cc3F)C2c2ccc(C)o2)c1. The van der Waals surface area contributed by atoms with Crippen LogP contribution in [-0.2, 0) is 9.59 Å². The van der Waals surface area contributed by atoms with Gasteiger partial charge in [0.15, 0.2) is 0 Å². The first-order chi connectivity index (χ1) is 15.3. The molecule has 1 fully saturated rings. The van der Waals surface area contributed by atoms with Gasteiger partial charge in [0.05, 0.1) is 17.9 Å². The van der Waals surface area contributed by atoms with E-state index in [9.17, 15) is 23.5 Å². The molecular weight excluding hydrogens is 420 g/mol. The quantitative estimate of drug-likeness (QED) is 0.348. The van der Waals surface area contributed by atoms with Crippen LogP contribution in [0.1, 0.15) is 30.0 Å². The number of aliphatic hydroxyl groups excluding tert-OH is 1. The lowest BCUT2D eigenvalue weighted by atomic mass is 9.99. The Hall–Kier alpha value is -3.94. The van der Waals surface area contributed by atoms with Crippen molar-refractivity contribution in [1.29, 1.82) is 0 Å². The summed E-state index contributed by atoms with van der Waals surface area (Å²) >= 11 is 0. The molecule has 1 saturated heterocycles. The molecule has 0 saturated carbocycles. The van der Waals surface area contributed by atoms with Crippen LogP contribution in [0, 0.1) is 18.6 Å². The van der Waals surface area contributed by atoms with Crippen molar-refractivity contribution in [2.24, 2.45) is 0 Å². The third-order valence-corrected chi connectivity index (χ3v) is 5.06. The molecule has 0 aliphatic carbocycles. The molecule has 2 heterocycles. The Labute approximate surface area is 182 Å². The molecule has 6 nitrogen and oxygen atoms in total. The summed E-state index contributed by atoms with van der Waals surface area (Å²) in [6.45, 7) is 3.86. The van der Waals surface area contributed by atoms with Gasteiger partial charge in [-0.1, -0.05) is 12.1 Å². The summed E-state index contributed by atoms with van der Waals surface area (Å²) in [4.78, 5) is 26.8. The molecule has 1 amide bonds. The Bertz CT molecular complexity index is 1250. The van der Waals surface area contributed by atoms with E-state index in [1.165, 1.54) is 12.1 Å². The first-order valence-electron chi connectivity index (χ1n) is 9.87. The number of halogens is 2. The van der Waals surface area contributed by atoms with Gasteiger partial charge in [-0.3, -0.25) is 14.5 Å². The average Bonchev–Trinajstić information content (AvgIpc) is 3.29. The molecule has 3 aromatic rings. The van der Waals surface area contributed by atoms with Gasteiger partial charge >= 0.3 is 0 Å². The van der Waals surface area contributed by atoms with Crippen molar-refractivity contribution in [1.82, 2.24) is 0 Å². The van der Waals surface area contributed by atoms with Crippen molar-refractivity contribution in [2.75, 3.05) is 11.5 Å². The van der Waals surface area contributed by atoms with Crippen LogP contribution in [-0.4, -0.2) is 23.4 Å². The highest BCUT2D eigenvalue weighted by Gasteiger charge is 2.49. The second kappa shape index (κ2) is 8.30. The molecule has 0 spiro atoms. The third kappa shape index (κ3) is 3.64. The van der Waals surface area contributed by atoms with Crippen LogP contribution in [0.4, 0.5) is 14.5 Å². The molecule has 1 N–H and O–H groups in total.